The molecule has 1 heterocycles. The number of thioether (sulfide) groups is 1. The Kier molecular flexibility index (Phi) is 4.45. The maximum absolute atomic E-state index is 11.0. The Bertz CT molecular complexity index is 458. The number of nitrogens with one attached hydrogen (secondary N) is 1. The normalized spacial score (nSPS) is 23.0. The Hall–Kier alpha value is -0.820. The van der Waals surface area contributed by atoms with E-state index in [0.717, 1.165) is 19.3 Å². The van der Waals surface area contributed by atoms with Crippen molar-refractivity contribution in [3.05, 3.63) is 26.9 Å². The predicted octanol–water partition coefficient (Wildman–Crippen LogP) is 3.45. The molecule has 0 bridgehead atoms. The fourth-order valence-corrected chi connectivity index (χ4v) is 3.48. The Morgan fingerprint density at radius 1 is 1.61 bits per heavy atom. The number of halogens is 1. The van der Waals surface area contributed by atoms with E-state index in [2.05, 4.69) is 32.5 Å². The summed E-state index contributed by atoms with van der Waals surface area (Å²) in [5.74, 6) is 0.370. The fourth-order valence-electron chi connectivity index (χ4n) is 2.23. The van der Waals surface area contributed by atoms with Crippen LogP contribution < -0.4 is 5.32 Å². The van der Waals surface area contributed by atoms with Gasteiger partial charge in [-0.25, -0.2) is 4.98 Å². The van der Waals surface area contributed by atoms with Gasteiger partial charge in [0.2, 0.25) is 5.82 Å². The molecule has 2 atom stereocenters. The summed E-state index contributed by atoms with van der Waals surface area (Å²) in [7, 11) is 0. The third kappa shape index (κ3) is 2.95. The van der Waals surface area contributed by atoms with Gasteiger partial charge in [0.1, 0.15) is 0 Å². The molecule has 1 aromatic rings. The number of anilines is 1. The topological polar surface area (TPSA) is 68.1 Å². The van der Waals surface area contributed by atoms with Crippen LogP contribution in [0, 0.1) is 10.1 Å². The summed E-state index contributed by atoms with van der Waals surface area (Å²) in [5, 5.41) is 14.7. The lowest BCUT2D eigenvalue weighted by molar-refractivity contribution is -0.384. The molecule has 0 spiro atoms. The largest absolute Gasteiger partial charge is 0.360 e. The second-order valence-corrected chi connectivity index (χ2v) is 6.23. The molecular formula is C11H14BrN3O2S. The molecule has 0 amide bonds. The van der Waals surface area contributed by atoms with Gasteiger partial charge in [0.25, 0.3) is 0 Å². The molecule has 1 aliphatic rings. The van der Waals surface area contributed by atoms with Crippen LogP contribution in [-0.4, -0.2) is 27.5 Å². The van der Waals surface area contributed by atoms with Crippen LogP contribution in [0.1, 0.15) is 19.3 Å². The fraction of sp³-hybridized carbons (Fsp3) is 0.545. The van der Waals surface area contributed by atoms with E-state index < -0.39 is 4.92 Å². The van der Waals surface area contributed by atoms with Gasteiger partial charge in [0.05, 0.1) is 4.92 Å². The molecule has 98 valence electrons. The van der Waals surface area contributed by atoms with Crippen LogP contribution in [0.4, 0.5) is 11.5 Å². The first kappa shape index (κ1) is 13.6. The lowest BCUT2D eigenvalue weighted by Gasteiger charge is -2.19. The standard InChI is InChI=1S/C11H14BrN3O2S/c1-18-10-4-2-3-8(10)14-11-9(15(16)17)5-7(12)6-13-11/h5-6,8,10H,2-4H2,1H3,(H,13,14). The average molecular weight is 332 g/mol. The van der Waals surface area contributed by atoms with Crippen LogP contribution in [0.2, 0.25) is 0 Å². The van der Waals surface area contributed by atoms with E-state index in [1.54, 1.807) is 6.20 Å². The second-order valence-electron chi connectivity index (χ2n) is 4.23. The van der Waals surface area contributed by atoms with Crippen molar-refractivity contribution in [2.75, 3.05) is 11.6 Å². The summed E-state index contributed by atoms with van der Waals surface area (Å²) in [6.07, 6.45) is 7.02. The molecule has 1 N–H and O–H groups in total. The molecule has 18 heavy (non-hydrogen) atoms. The van der Waals surface area contributed by atoms with Crippen LogP contribution in [0.25, 0.3) is 0 Å². The lowest BCUT2D eigenvalue weighted by Crippen LogP contribution is -2.26. The molecular weight excluding hydrogens is 318 g/mol. The Morgan fingerprint density at radius 2 is 2.39 bits per heavy atom. The molecule has 1 aliphatic carbocycles. The number of hydrogen-bond donors (Lipinski definition) is 1. The SMILES string of the molecule is CSC1CCCC1Nc1ncc(Br)cc1[N+](=O)[O-]. The first-order valence-corrected chi connectivity index (χ1v) is 7.79. The molecule has 0 aromatic carbocycles. The van der Waals surface area contributed by atoms with E-state index in [1.165, 1.54) is 6.07 Å². The minimum absolute atomic E-state index is 0.0242. The van der Waals surface area contributed by atoms with Gasteiger partial charge in [-0.3, -0.25) is 10.1 Å². The number of rotatable bonds is 4. The molecule has 1 aromatic heterocycles. The van der Waals surface area contributed by atoms with E-state index in [4.69, 9.17) is 0 Å². The van der Waals surface area contributed by atoms with E-state index in [1.807, 2.05) is 11.8 Å². The van der Waals surface area contributed by atoms with Gasteiger partial charge in [0, 0.05) is 28.0 Å². The predicted molar refractivity (Wildman–Crippen MR) is 77.2 cm³/mol. The first-order chi connectivity index (χ1) is 8.61. The molecule has 1 fully saturated rings. The van der Waals surface area contributed by atoms with Crippen LogP contribution in [0.3, 0.4) is 0 Å². The molecule has 0 saturated heterocycles. The summed E-state index contributed by atoms with van der Waals surface area (Å²) < 4.78 is 0.618. The minimum Gasteiger partial charge on any atom is -0.360 e. The van der Waals surface area contributed by atoms with Crippen LogP contribution in [0.5, 0.6) is 0 Å². The van der Waals surface area contributed by atoms with Crippen molar-refractivity contribution in [1.29, 1.82) is 0 Å². The minimum atomic E-state index is -0.400. The Balaban J connectivity index is 2.20. The third-order valence-electron chi connectivity index (χ3n) is 3.11. The van der Waals surface area contributed by atoms with E-state index in [-0.39, 0.29) is 11.7 Å². The monoisotopic (exact) mass is 331 g/mol. The first-order valence-electron chi connectivity index (χ1n) is 5.71. The van der Waals surface area contributed by atoms with Crippen molar-refractivity contribution in [2.24, 2.45) is 0 Å². The Morgan fingerprint density at radius 3 is 3.06 bits per heavy atom. The highest BCUT2D eigenvalue weighted by atomic mass is 79.9. The highest BCUT2D eigenvalue weighted by molar-refractivity contribution is 9.10. The van der Waals surface area contributed by atoms with E-state index in [9.17, 15) is 10.1 Å². The van der Waals surface area contributed by atoms with E-state index >= 15 is 0 Å². The third-order valence-corrected chi connectivity index (χ3v) is 4.71. The van der Waals surface area contributed by atoms with Crippen LogP contribution in [-0.2, 0) is 0 Å². The number of aromatic nitrogens is 1. The number of nitro groups is 1. The maximum Gasteiger partial charge on any atom is 0.312 e. The van der Waals surface area contributed by atoms with E-state index in [0.29, 0.717) is 15.5 Å². The lowest BCUT2D eigenvalue weighted by atomic mass is 10.2. The summed E-state index contributed by atoms with van der Waals surface area (Å²) in [6, 6.07) is 1.76. The van der Waals surface area contributed by atoms with Gasteiger partial charge in [-0.2, -0.15) is 11.8 Å². The zero-order valence-corrected chi connectivity index (χ0v) is 12.3. The van der Waals surface area contributed by atoms with Gasteiger partial charge >= 0.3 is 5.69 Å². The molecule has 1 saturated carbocycles. The maximum atomic E-state index is 11.0. The molecule has 0 radical (unpaired) electrons. The molecule has 2 rings (SSSR count). The van der Waals surface area contributed by atoms with Crippen molar-refractivity contribution >= 4 is 39.2 Å². The highest BCUT2D eigenvalue weighted by Crippen LogP contribution is 2.33. The molecule has 2 unspecified atom stereocenters. The van der Waals surface area contributed by atoms with Gasteiger partial charge in [-0.15, -0.1) is 0 Å². The number of nitrogens with zero attached hydrogens (tertiary/aromatic N) is 2. The molecule has 0 aliphatic heterocycles. The quantitative estimate of drug-likeness (QED) is 0.676. The second kappa shape index (κ2) is 5.88. The van der Waals surface area contributed by atoms with Crippen molar-refractivity contribution in [2.45, 2.75) is 30.6 Å². The highest BCUT2D eigenvalue weighted by Gasteiger charge is 2.28. The summed E-state index contributed by atoms with van der Waals surface area (Å²) in [4.78, 5) is 14.7. The zero-order valence-electron chi connectivity index (χ0n) is 9.93. The smallest absolute Gasteiger partial charge is 0.312 e. The zero-order chi connectivity index (χ0) is 13.1. The van der Waals surface area contributed by atoms with Gasteiger partial charge in [0.15, 0.2) is 0 Å². The summed E-state index contributed by atoms with van der Waals surface area (Å²) in [5.41, 5.74) is 0.0242. The van der Waals surface area contributed by atoms with Crippen molar-refractivity contribution in [3.8, 4) is 0 Å². The van der Waals surface area contributed by atoms with Gasteiger partial charge in [-0.05, 0) is 35.0 Å². The van der Waals surface area contributed by atoms with Gasteiger partial charge in [-0.1, -0.05) is 6.42 Å². The van der Waals surface area contributed by atoms with Crippen molar-refractivity contribution < 1.29 is 4.92 Å². The van der Waals surface area contributed by atoms with Crippen LogP contribution in [0.15, 0.2) is 16.7 Å². The van der Waals surface area contributed by atoms with Crippen LogP contribution >= 0.6 is 27.7 Å². The van der Waals surface area contributed by atoms with Crippen molar-refractivity contribution in [1.82, 2.24) is 4.98 Å². The molecule has 7 heteroatoms. The summed E-state index contributed by atoms with van der Waals surface area (Å²) >= 11 is 5.01. The summed E-state index contributed by atoms with van der Waals surface area (Å²) in [6.45, 7) is 0. The van der Waals surface area contributed by atoms with Gasteiger partial charge < -0.3 is 5.32 Å². The number of hydrogen-bond acceptors (Lipinski definition) is 5. The number of pyridine rings is 1. The molecule has 5 nitrogen and oxygen atoms in total. The average Bonchev–Trinajstić information content (AvgIpc) is 2.78. The van der Waals surface area contributed by atoms with Crippen molar-refractivity contribution in [3.63, 3.8) is 0 Å². The Labute approximate surface area is 118 Å².